The first kappa shape index (κ1) is 33.8. The average molecular weight is 778 g/mol. The molecule has 1 spiro atoms. The molecular formula is C57H35N3O. The molecule has 11 aromatic rings. The molecule has 0 saturated heterocycles. The van der Waals surface area contributed by atoms with E-state index in [0.717, 1.165) is 89.4 Å². The standard InChI is InChI=1S/C57H35N3O/c1-3-15-37(16-4-1)55-42-32-33-47-54(41-19-7-8-20-44(41)57(47)45-21-9-13-25-51(45)61-52-26-14-10-22-46(52)57)53(42)43-35-39(31-34-48(43)58-55)36-27-29-38(30-28-36)56-59-49-23-11-12-24-50(49)60(56)40-17-5-2-6-18-40/h1-35H. The van der Waals surface area contributed by atoms with Crippen molar-refractivity contribution in [2.75, 3.05) is 0 Å². The second-order valence-corrected chi connectivity index (χ2v) is 16.0. The van der Waals surface area contributed by atoms with Crippen LogP contribution in [0.4, 0.5) is 0 Å². The average Bonchev–Trinajstić information content (AvgIpc) is 3.86. The number of ether oxygens (including phenoxy) is 1. The van der Waals surface area contributed by atoms with Crippen LogP contribution in [0, 0.1) is 0 Å². The van der Waals surface area contributed by atoms with Crippen molar-refractivity contribution in [2.45, 2.75) is 5.41 Å². The molecule has 9 aromatic carbocycles. The van der Waals surface area contributed by atoms with Crippen LogP contribution in [0.1, 0.15) is 22.3 Å². The highest BCUT2D eigenvalue weighted by Crippen LogP contribution is 2.63. The van der Waals surface area contributed by atoms with Gasteiger partial charge in [0.25, 0.3) is 0 Å². The molecule has 0 bridgehead atoms. The largest absolute Gasteiger partial charge is 0.457 e. The SMILES string of the molecule is c1ccc(-c2nc3ccc(-c4ccc(-c5nc6ccccc6n5-c5ccccc5)cc4)cc3c3c4c(ccc23)C2(c3ccccc3Oc3ccccc32)c2ccccc2-4)cc1. The summed E-state index contributed by atoms with van der Waals surface area (Å²) in [5, 5.41) is 3.46. The molecule has 0 unspecified atom stereocenters. The number of fused-ring (bicyclic) bond motifs is 14. The van der Waals surface area contributed by atoms with Crippen LogP contribution in [-0.2, 0) is 5.41 Å². The van der Waals surface area contributed by atoms with Gasteiger partial charge in [-0.1, -0.05) is 164 Å². The summed E-state index contributed by atoms with van der Waals surface area (Å²) in [6, 6.07) is 75.9. The Hall–Kier alpha value is -8.08. The quantitative estimate of drug-likeness (QED) is 0.167. The number of pyridine rings is 1. The molecule has 4 heteroatoms. The van der Waals surface area contributed by atoms with Crippen molar-refractivity contribution in [1.82, 2.24) is 14.5 Å². The summed E-state index contributed by atoms with van der Waals surface area (Å²) in [4.78, 5) is 10.6. The third-order valence-electron chi connectivity index (χ3n) is 12.9. The van der Waals surface area contributed by atoms with E-state index in [-0.39, 0.29) is 0 Å². The molecule has 0 fully saturated rings. The van der Waals surface area contributed by atoms with Gasteiger partial charge in [-0.25, -0.2) is 9.97 Å². The van der Waals surface area contributed by atoms with E-state index >= 15 is 0 Å². The Morgan fingerprint density at radius 1 is 0.410 bits per heavy atom. The van der Waals surface area contributed by atoms with Crippen LogP contribution in [0.3, 0.4) is 0 Å². The van der Waals surface area contributed by atoms with E-state index in [1.807, 2.05) is 6.07 Å². The van der Waals surface area contributed by atoms with E-state index in [9.17, 15) is 0 Å². The smallest absolute Gasteiger partial charge is 0.145 e. The highest BCUT2D eigenvalue weighted by molar-refractivity contribution is 6.20. The third-order valence-corrected chi connectivity index (χ3v) is 12.9. The van der Waals surface area contributed by atoms with E-state index in [2.05, 4.69) is 211 Å². The lowest BCUT2D eigenvalue weighted by atomic mass is 9.66. The predicted octanol–water partition coefficient (Wildman–Crippen LogP) is 14.2. The van der Waals surface area contributed by atoms with Gasteiger partial charge in [-0.05, 0) is 81.9 Å². The molecule has 2 aliphatic rings. The van der Waals surface area contributed by atoms with Crippen molar-refractivity contribution >= 4 is 32.7 Å². The van der Waals surface area contributed by atoms with Crippen molar-refractivity contribution in [2.24, 2.45) is 0 Å². The molecule has 0 saturated carbocycles. The molecule has 13 rings (SSSR count). The molecule has 0 amide bonds. The predicted molar refractivity (Wildman–Crippen MR) is 248 cm³/mol. The van der Waals surface area contributed by atoms with Crippen LogP contribution in [0.25, 0.3) is 83.3 Å². The second-order valence-electron chi connectivity index (χ2n) is 16.0. The highest BCUT2D eigenvalue weighted by atomic mass is 16.5. The lowest BCUT2D eigenvalue weighted by molar-refractivity contribution is 0.436. The Labute approximate surface area is 352 Å². The van der Waals surface area contributed by atoms with E-state index < -0.39 is 5.41 Å². The van der Waals surface area contributed by atoms with E-state index in [0.29, 0.717) is 0 Å². The zero-order valence-electron chi connectivity index (χ0n) is 33.0. The molecular weight excluding hydrogens is 743 g/mol. The first-order valence-corrected chi connectivity index (χ1v) is 20.8. The van der Waals surface area contributed by atoms with Crippen LogP contribution < -0.4 is 4.74 Å². The van der Waals surface area contributed by atoms with Crippen LogP contribution in [0.15, 0.2) is 212 Å². The Morgan fingerprint density at radius 2 is 1.03 bits per heavy atom. The number of para-hydroxylation sites is 5. The molecule has 284 valence electrons. The number of aromatic nitrogens is 3. The van der Waals surface area contributed by atoms with Gasteiger partial charge < -0.3 is 4.74 Å². The number of rotatable bonds is 4. The minimum atomic E-state index is -0.572. The molecule has 3 heterocycles. The van der Waals surface area contributed by atoms with Crippen molar-refractivity contribution in [3.05, 3.63) is 235 Å². The normalized spacial score (nSPS) is 13.2. The Morgan fingerprint density at radius 3 is 1.80 bits per heavy atom. The molecule has 61 heavy (non-hydrogen) atoms. The molecule has 2 aromatic heterocycles. The summed E-state index contributed by atoms with van der Waals surface area (Å²) >= 11 is 0. The Balaban J connectivity index is 1.06. The fourth-order valence-electron chi connectivity index (χ4n) is 10.3. The minimum Gasteiger partial charge on any atom is -0.457 e. The molecule has 0 radical (unpaired) electrons. The topological polar surface area (TPSA) is 39.9 Å². The highest BCUT2D eigenvalue weighted by Gasteiger charge is 2.51. The van der Waals surface area contributed by atoms with Crippen LogP contribution in [0.2, 0.25) is 0 Å². The van der Waals surface area contributed by atoms with Gasteiger partial charge >= 0.3 is 0 Å². The van der Waals surface area contributed by atoms with Gasteiger partial charge in [0, 0.05) is 44.1 Å². The molecule has 0 atom stereocenters. The number of hydrogen-bond acceptors (Lipinski definition) is 3. The fraction of sp³-hybridized carbons (Fsp3) is 0.0175. The van der Waals surface area contributed by atoms with Gasteiger partial charge in [0.05, 0.1) is 27.7 Å². The van der Waals surface area contributed by atoms with Gasteiger partial charge in [0.15, 0.2) is 0 Å². The molecule has 4 nitrogen and oxygen atoms in total. The molecule has 1 aliphatic heterocycles. The van der Waals surface area contributed by atoms with Crippen molar-refractivity contribution in [1.29, 1.82) is 0 Å². The lowest BCUT2D eigenvalue weighted by Crippen LogP contribution is -2.32. The Kier molecular flexibility index (Phi) is 7.19. The van der Waals surface area contributed by atoms with Gasteiger partial charge in [0.1, 0.15) is 17.3 Å². The molecule has 0 N–H and O–H groups in total. The summed E-state index contributed by atoms with van der Waals surface area (Å²) < 4.78 is 8.91. The zero-order valence-corrected chi connectivity index (χ0v) is 33.0. The maximum atomic E-state index is 6.66. The summed E-state index contributed by atoms with van der Waals surface area (Å²) in [6.07, 6.45) is 0. The number of nitrogens with zero attached hydrogens (tertiary/aromatic N) is 3. The monoisotopic (exact) mass is 777 g/mol. The van der Waals surface area contributed by atoms with Crippen LogP contribution in [0.5, 0.6) is 11.5 Å². The second kappa shape index (κ2) is 13.0. The first-order chi connectivity index (χ1) is 30.3. The zero-order chi connectivity index (χ0) is 40.1. The van der Waals surface area contributed by atoms with Crippen molar-refractivity contribution in [3.8, 4) is 62.1 Å². The summed E-state index contributed by atoms with van der Waals surface area (Å²) in [6.45, 7) is 0. The summed E-state index contributed by atoms with van der Waals surface area (Å²) in [5.41, 5.74) is 16.2. The third kappa shape index (κ3) is 4.82. The lowest BCUT2D eigenvalue weighted by Gasteiger charge is -2.39. The van der Waals surface area contributed by atoms with Gasteiger partial charge in [-0.15, -0.1) is 0 Å². The number of imidazole rings is 1. The maximum Gasteiger partial charge on any atom is 0.145 e. The van der Waals surface area contributed by atoms with Gasteiger partial charge in [-0.3, -0.25) is 4.57 Å². The maximum absolute atomic E-state index is 6.66. The minimum absolute atomic E-state index is 0.572. The first-order valence-electron chi connectivity index (χ1n) is 20.8. The molecule has 1 aliphatic carbocycles. The van der Waals surface area contributed by atoms with E-state index in [1.165, 1.54) is 27.6 Å². The summed E-state index contributed by atoms with van der Waals surface area (Å²) in [5.74, 6) is 2.69. The van der Waals surface area contributed by atoms with Gasteiger partial charge in [0.2, 0.25) is 0 Å². The van der Waals surface area contributed by atoms with Crippen LogP contribution in [-0.4, -0.2) is 14.5 Å². The van der Waals surface area contributed by atoms with Crippen LogP contribution >= 0.6 is 0 Å². The van der Waals surface area contributed by atoms with E-state index in [1.54, 1.807) is 0 Å². The van der Waals surface area contributed by atoms with Gasteiger partial charge in [-0.2, -0.15) is 0 Å². The number of benzene rings is 9. The Bertz CT molecular complexity index is 3510. The number of hydrogen-bond donors (Lipinski definition) is 0. The fourth-order valence-corrected chi connectivity index (χ4v) is 10.3. The van der Waals surface area contributed by atoms with Crippen molar-refractivity contribution in [3.63, 3.8) is 0 Å². The van der Waals surface area contributed by atoms with Crippen molar-refractivity contribution < 1.29 is 4.74 Å². The van der Waals surface area contributed by atoms with E-state index in [4.69, 9.17) is 14.7 Å². The summed E-state index contributed by atoms with van der Waals surface area (Å²) in [7, 11) is 0.